The van der Waals surface area contributed by atoms with Crippen molar-refractivity contribution in [2.75, 3.05) is 13.1 Å². The fourth-order valence-corrected chi connectivity index (χ4v) is 1.50. The number of hydrogen-bond donors (Lipinski definition) is 2. The molecule has 14 heavy (non-hydrogen) atoms. The second-order valence-corrected chi connectivity index (χ2v) is 3.78. The standard InChI is InChI=1S/C12H19NO/c1-3-13-9-10(2)8-11-4-6-12(14)7-5-11/h4-7,10,13-14H,3,8-9H2,1-2H3. The molecule has 0 saturated heterocycles. The number of phenolic OH excluding ortho intramolecular Hbond substituents is 1. The maximum atomic E-state index is 9.12. The summed E-state index contributed by atoms with van der Waals surface area (Å²) in [5.41, 5.74) is 1.29. The van der Waals surface area contributed by atoms with Gasteiger partial charge in [0.25, 0.3) is 0 Å². The molecule has 1 atom stereocenters. The third kappa shape index (κ3) is 3.79. The largest absolute Gasteiger partial charge is 0.508 e. The monoisotopic (exact) mass is 193 g/mol. The van der Waals surface area contributed by atoms with Gasteiger partial charge in [-0.15, -0.1) is 0 Å². The van der Waals surface area contributed by atoms with E-state index in [1.165, 1.54) is 5.56 Å². The van der Waals surface area contributed by atoms with Crippen molar-refractivity contribution in [1.82, 2.24) is 5.32 Å². The summed E-state index contributed by atoms with van der Waals surface area (Å²) in [6.07, 6.45) is 1.06. The van der Waals surface area contributed by atoms with Gasteiger partial charge in [0.1, 0.15) is 5.75 Å². The Morgan fingerprint density at radius 1 is 1.29 bits per heavy atom. The Bertz CT molecular complexity index is 256. The van der Waals surface area contributed by atoms with E-state index < -0.39 is 0 Å². The van der Waals surface area contributed by atoms with Crippen LogP contribution in [0.3, 0.4) is 0 Å². The Balaban J connectivity index is 2.39. The van der Waals surface area contributed by atoms with E-state index in [9.17, 15) is 0 Å². The van der Waals surface area contributed by atoms with Gasteiger partial charge in [0.05, 0.1) is 0 Å². The molecule has 0 aliphatic heterocycles. The highest BCUT2D eigenvalue weighted by atomic mass is 16.3. The normalized spacial score (nSPS) is 12.7. The zero-order chi connectivity index (χ0) is 10.4. The quantitative estimate of drug-likeness (QED) is 0.751. The van der Waals surface area contributed by atoms with Crippen LogP contribution in [0.2, 0.25) is 0 Å². The molecular weight excluding hydrogens is 174 g/mol. The highest BCUT2D eigenvalue weighted by Crippen LogP contribution is 2.12. The Kier molecular flexibility index (Phi) is 4.47. The van der Waals surface area contributed by atoms with Crippen LogP contribution in [0.4, 0.5) is 0 Å². The van der Waals surface area contributed by atoms with Gasteiger partial charge < -0.3 is 10.4 Å². The predicted molar refractivity (Wildman–Crippen MR) is 59.5 cm³/mol. The van der Waals surface area contributed by atoms with E-state index in [1.54, 1.807) is 12.1 Å². The zero-order valence-electron chi connectivity index (χ0n) is 8.96. The van der Waals surface area contributed by atoms with Gasteiger partial charge in [0, 0.05) is 0 Å². The first-order chi connectivity index (χ1) is 6.72. The van der Waals surface area contributed by atoms with E-state index in [0.717, 1.165) is 19.5 Å². The summed E-state index contributed by atoms with van der Waals surface area (Å²) in [6.45, 7) is 6.43. The van der Waals surface area contributed by atoms with Crippen molar-refractivity contribution in [3.63, 3.8) is 0 Å². The molecule has 0 spiro atoms. The summed E-state index contributed by atoms with van der Waals surface area (Å²) in [7, 11) is 0. The van der Waals surface area contributed by atoms with Crippen LogP contribution < -0.4 is 5.32 Å². The van der Waals surface area contributed by atoms with E-state index in [0.29, 0.717) is 11.7 Å². The number of phenols is 1. The van der Waals surface area contributed by atoms with E-state index in [-0.39, 0.29) is 0 Å². The van der Waals surface area contributed by atoms with Crippen molar-refractivity contribution in [3.05, 3.63) is 29.8 Å². The fourth-order valence-electron chi connectivity index (χ4n) is 1.50. The van der Waals surface area contributed by atoms with Crippen LogP contribution >= 0.6 is 0 Å². The van der Waals surface area contributed by atoms with E-state index >= 15 is 0 Å². The molecule has 2 nitrogen and oxygen atoms in total. The summed E-state index contributed by atoms with van der Waals surface area (Å²) < 4.78 is 0. The van der Waals surface area contributed by atoms with Crippen molar-refractivity contribution in [2.24, 2.45) is 5.92 Å². The number of aromatic hydroxyl groups is 1. The minimum atomic E-state index is 0.341. The molecule has 78 valence electrons. The minimum absolute atomic E-state index is 0.341. The molecule has 2 N–H and O–H groups in total. The molecule has 0 amide bonds. The first-order valence-corrected chi connectivity index (χ1v) is 5.21. The maximum Gasteiger partial charge on any atom is 0.115 e. The van der Waals surface area contributed by atoms with Crippen LogP contribution in [-0.2, 0) is 6.42 Å². The van der Waals surface area contributed by atoms with E-state index in [4.69, 9.17) is 5.11 Å². The van der Waals surface area contributed by atoms with Crippen LogP contribution in [0.15, 0.2) is 24.3 Å². The van der Waals surface area contributed by atoms with E-state index in [2.05, 4.69) is 19.2 Å². The predicted octanol–water partition coefficient (Wildman–Crippen LogP) is 2.18. The van der Waals surface area contributed by atoms with Gasteiger partial charge in [-0.2, -0.15) is 0 Å². The lowest BCUT2D eigenvalue weighted by Gasteiger charge is -2.11. The average Bonchev–Trinajstić information content (AvgIpc) is 2.18. The molecule has 0 aromatic heterocycles. The molecule has 2 heteroatoms. The van der Waals surface area contributed by atoms with Crippen LogP contribution in [-0.4, -0.2) is 18.2 Å². The van der Waals surface area contributed by atoms with Gasteiger partial charge in [0.15, 0.2) is 0 Å². The van der Waals surface area contributed by atoms with Gasteiger partial charge in [0.2, 0.25) is 0 Å². The number of nitrogens with one attached hydrogen (secondary N) is 1. The lowest BCUT2D eigenvalue weighted by molar-refractivity contribution is 0.474. The highest BCUT2D eigenvalue weighted by molar-refractivity contribution is 5.26. The molecule has 0 aliphatic carbocycles. The second kappa shape index (κ2) is 5.66. The van der Waals surface area contributed by atoms with Gasteiger partial charge in [-0.25, -0.2) is 0 Å². The zero-order valence-corrected chi connectivity index (χ0v) is 8.96. The molecule has 0 fully saturated rings. The summed E-state index contributed by atoms with van der Waals surface area (Å²) in [6, 6.07) is 7.46. The van der Waals surface area contributed by atoms with Crippen molar-refractivity contribution in [3.8, 4) is 5.75 Å². The van der Waals surface area contributed by atoms with Crippen LogP contribution in [0.5, 0.6) is 5.75 Å². The molecule has 0 aliphatic rings. The maximum absolute atomic E-state index is 9.12. The lowest BCUT2D eigenvalue weighted by Crippen LogP contribution is -2.21. The van der Waals surface area contributed by atoms with Gasteiger partial charge in [-0.1, -0.05) is 26.0 Å². The van der Waals surface area contributed by atoms with Gasteiger partial charge in [-0.05, 0) is 43.1 Å². The van der Waals surface area contributed by atoms with Crippen LogP contribution in [0.25, 0.3) is 0 Å². The summed E-state index contributed by atoms with van der Waals surface area (Å²) in [5, 5.41) is 12.5. The Hall–Kier alpha value is -1.02. The van der Waals surface area contributed by atoms with Gasteiger partial charge in [-0.3, -0.25) is 0 Å². The Morgan fingerprint density at radius 3 is 2.50 bits per heavy atom. The third-order valence-electron chi connectivity index (χ3n) is 2.26. The topological polar surface area (TPSA) is 32.3 Å². The van der Waals surface area contributed by atoms with Crippen LogP contribution in [0, 0.1) is 5.92 Å². The van der Waals surface area contributed by atoms with Crippen LogP contribution in [0.1, 0.15) is 19.4 Å². The number of hydrogen-bond acceptors (Lipinski definition) is 2. The molecule has 1 aromatic carbocycles. The second-order valence-electron chi connectivity index (χ2n) is 3.78. The molecule has 0 heterocycles. The van der Waals surface area contributed by atoms with Crippen molar-refractivity contribution in [2.45, 2.75) is 20.3 Å². The van der Waals surface area contributed by atoms with E-state index in [1.807, 2.05) is 12.1 Å². The number of rotatable bonds is 5. The lowest BCUT2D eigenvalue weighted by atomic mass is 10.0. The van der Waals surface area contributed by atoms with Crippen molar-refractivity contribution in [1.29, 1.82) is 0 Å². The molecule has 0 bridgehead atoms. The average molecular weight is 193 g/mol. The molecule has 0 saturated carbocycles. The molecular formula is C12H19NO. The summed E-state index contributed by atoms with van der Waals surface area (Å²) >= 11 is 0. The molecule has 1 aromatic rings. The fraction of sp³-hybridized carbons (Fsp3) is 0.500. The molecule has 1 rings (SSSR count). The third-order valence-corrected chi connectivity index (χ3v) is 2.26. The first-order valence-electron chi connectivity index (χ1n) is 5.21. The minimum Gasteiger partial charge on any atom is -0.508 e. The molecule has 1 unspecified atom stereocenters. The summed E-state index contributed by atoms with van der Waals surface area (Å²) in [5.74, 6) is 0.979. The highest BCUT2D eigenvalue weighted by Gasteiger charge is 2.02. The molecule has 0 radical (unpaired) electrons. The van der Waals surface area contributed by atoms with Crippen molar-refractivity contribution < 1.29 is 5.11 Å². The smallest absolute Gasteiger partial charge is 0.115 e. The Labute approximate surface area is 86.0 Å². The number of benzene rings is 1. The van der Waals surface area contributed by atoms with Gasteiger partial charge >= 0.3 is 0 Å². The SMILES string of the molecule is CCNCC(C)Cc1ccc(O)cc1. The van der Waals surface area contributed by atoms with Crippen molar-refractivity contribution >= 4 is 0 Å². The summed E-state index contributed by atoms with van der Waals surface area (Å²) in [4.78, 5) is 0. The first kappa shape index (κ1) is 11.1. The Morgan fingerprint density at radius 2 is 1.93 bits per heavy atom.